The topological polar surface area (TPSA) is 52.6 Å². The van der Waals surface area contributed by atoms with E-state index in [2.05, 4.69) is 23.7 Å². The van der Waals surface area contributed by atoms with Crippen molar-refractivity contribution in [1.29, 1.82) is 0 Å². The molecule has 5 heteroatoms. The lowest BCUT2D eigenvalue weighted by atomic mass is 10.1. The van der Waals surface area contributed by atoms with E-state index in [4.69, 9.17) is 5.11 Å². The van der Waals surface area contributed by atoms with Gasteiger partial charge in [-0.05, 0) is 35.2 Å². The average molecular weight is 256 g/mol. The standard InChI is InChI=1S/C12H20N2O2S/c1-3-14(5-6-15)12(16)13-8-10(2)11-4-7-17-9-11/h4,7,9-10,15H,3,5-6,8H2,1-2H3,(H,13,16). The molecular weight excluding hydrogens is 236 g/mol. The summed E-state index contributed by atoms with van der Waals surface area (Å²) in [4.78, 5) is 13.3. The van der Waals surface area contributed by atoms with Gasteiger partial charge in [0.2, 0.25) is 0 Å². The molecule has 0 fully saturated rings. The molecule has 2 amide bonds. The average Bonchev–Trinajstić information content (AvgIpc) is 2.86. The first-order valence-electron chi connectivity index (χ1n) is 5.84. The van der Waals surface area contributed by atoms with Gasteiger partial charge in [0.25, 0.3) is 0 Å². The number of hydrogen-bond acceptors (Lipinski definition) is 3. The van der Waals surface area contributed by atoms with Crippen molar-refractivity contribution >= 4 is 17.4 Å². The molecular formula is C12H20N2O2S. The molecule has 0 saturated carbocycles. The summed E-state index contributed by atoms with van der Waals surface area (Å²) in [6.45, 7) is 5.61. The molecule has 17 heavy (non-hydrogen) atoms. The Morgan fingerprint density at radius 3 is 2.94 bits per heavy atom. The van der Waals surface area contributed by atoms with Gasteiger partial charge in [0.15, 0.2) is 0 Å². The van der Waals surface area contributed by atoms with Gasteiger partial charge in [-0.3, -0.25) is 0 Å². The molecule has 0 aliphatic carbocycles. The number of nitrogens with one attached hydrogen (secondary N) is 1. The first-order valence-corrected chi connectivity index (χ1v) is 6.79. The summed E-state index contributed by atoms with van der Waals surface area (Å²) in [5, 5.41) is 15.8. The zero-order valence-electron chi connectivity index (χ0n) is 10.3. The van der Waals surface area contributed by atoms with Crippen molar-refractivity contribution in [2.24, 2.45) is 0 Å². The van der Waals surface area contributed by atoms with Gasteiger partial charge in [0.05, 0.1) is 6.61 Å². The summed E-state index contributed by atoms with van der Waals surface area (Å²) in [6.07, 6.45) is 0. The lowest BCUT2D eigenvalue weighted by Gasteiger charge is -2.21. The number of likely N-dealkylation sites (N-methyl/N-ethyl adjacent to an activating group) is 1. The Bertz CT molecular complexity index is 327. The molecule has 1 aromatic rings. The van der Waals surface area contributed by atoms with E-state index < -0.39 is 0 Å². The number of amides is 2. The molecule has 0 spiro atoms. The van der Waals surface area contributed by atoms with Gasteiger partial charge < -0.3 is 15.3 Å². The molecule has 0 aromatic carbocycles. The predicted octanol–water partition coefficient (Wildman–Crippen LogP) is 1.88. The van der Waals surface area contributed by atoms with Gasteiger partial charge >= 0.3 is 6.03 Å². The van der Waals surface area contributed by atoms with Gasteiger partial charge in [-0.25, -0.2) is 4.79 Å². The van der Waals surface area contributed by atoms with Crippen LogP contribution in [0.5, 0.6) is 0 Å². The lowest BCUT2D eigenvalue weighted by molar-refractivity contribution is 0.180. The van der Waals surface area contributed by atoms with Crippen molar-refractivity contribution in [3.8, 4) is 0 Å². The van der Waals surface area contributed by atoms with Crippen LogP contribution in [0.1, 0.15) is 25.3 Å². The highest BCUT2D eigenvalue weighted by Crippen LogP contribution is 2.17. The fourth-order valence-corrected chi connectivity index (χ4v) is 2.33. The molecule has 4 nitrogen and oxygen atoms in total. The SMILES string of the molecule is CCN(CCO)C(=O)NCC(C)c1ccsc1. The highest BCUT2D eigenvalue weighted by molar-refractivity contribution is 7.07. The molecule has 1 unspecified atom stereocenters. The molecule has 1 aromatic heterocycles. The van der Waals surface area contributed by atoms with E-state index in [0.29, 0.717) is 25.6 Å². The van der Waals surface area contributed by atoms with Crippen LogP contribution in [0.25, 0.3) is 0 Å². The van der Waals surface area contributed by atoms with Crippen molar-refractivity contribution < 1.29 is 9.90 Å². The Balaban J connectivity index is 2.37. The second-order valence-corrected chi connectivity index (χ2v) is 4.73. The first-order chi connectivity index (χ1) is 8.19. The molecule has 2 N–H and O–H groups in total. The van der Waals surface area contributed by atoms with E-state index in [1.54, 1.807) is 16.2 Å². The number of carbonyl (C=O) groups is 1. The maximum Gasteiger partial charge on any atom is 0.317 e. The van der Waals surface area contributed by atoms with Gasteiger partial charge in [-0.2, -0.15) is 11.3 Å². The van der Waals surface area contributed by atoms with E-state index in [-0.39, 0.29) is 12.6 Å². The molecule has 1 rings (SSSR count). The third kappa shape index (κ3) is 4.36. The zero-order valence-corrected chi connectivity index (χ0v) is 11.2. The largest absolute Gasteiger partial charge is 0.395 e. The summed E-state index contributed by atoms with van der Waals surface area (Å²) < 4.78 is 0. The number of aliphatic hydroxyl groups is 1. The number of hydrogen-bond donors (Lipinski definition) is 2. The summed E-state index contributed by atoms with van der Waals surface area (Å²) >= 11 is 1.66. The summed E-state index contributed by atoms with van der Waals surface area (Å²) in [5.41, 5.74) is 1.25. The van der Waals surface area contributed by atoms with E-state index in [1.807, 2.05) is 12.3 Å². The minimum Gasteiger partial charge on any atom is -0.395 e. The Morgan fingerprint density at radius 2 is 2.41 bits per heavy atom. The zero-order chi connectivity index (χ0) is 12.7. The van der Waals surface area contributed by atoms with Crippen LogP contribution in [0.4, 0.5) is 4.79 Å². The maximum absolute atomic E-state index is 11.7. The number of nitrogens with zero attached hydrogens (tertiary/aromatic N) is 1. The monoisotopic (exact) mass is 256 g/mol. The summed E-state index contributed by atoms with van der Waals surface area (Å²) in [5.74, 6) is 0.318. The minimum absolute atomic E-state index is 0.00133. The van der Waals surface area contributed by atoms with E-state index in [1.165, 1.54) is 5.56 Å². The lowest BCUT2D eigenvalue weighted by Crippen LogP contribution is -2.42. The quantitative estimate of drug-likeness (QED) is 0.816. The van der Waals surface area contributed by atoms with Crippen LogP contribution in [-0.2, 0) is 0 Å². The normalized spacial score (nSPS) is 12.2. The molecule has 1 atom stereocenters. The predicted molar refractivity (Wildman–Crippen MR) is 70.5 cm³/mol. The van der Waals surface area contributed by atoms with Crippen molar-refractivity contribution in [2.45, 2.75) is 19.8 Å². The number of carbonyl (C=O) groups excluding carboxylic acids is 1. The highest BCUT2D eigenvalue weighted by atomic mass is 32.1. The molecule has 0 radical (unpaired) electrons. The molecule has 0 saturated heterocycles. The summed E-state index contributed by atoms with van der Waals surface area (Å²) in [7, 11) is 0. The Hall–Kier alpha value is -1.07. The van der Waals surface area contributed by atoms with Crippen LogP contribution in [0, 0.1) is 0 Å². The van der Waals surface area contributed by atoms with Crippen LogP contribution in [0.3, 0.4) is 0 Å². The second kappa shape index (κ2) is 7.29. The highest BCUT2D eigenvalue weighted by Gasteiger charge is 2.12. The van der Waals surface area contributed by atoms with Crippen molar-refractivity contribution in [3.63, 3.8) is 0 Å². The summed E-state index contributed by atoms with van der Waals surface area (Å²) in [6, 6.07) is 1.97. The van der Waals surface area contributed by atoms with Crippen LogP contribution < -0.4 is 5.32 Å². The second-order valence-electron chi connectivity index (χ2n) is 3.95. The molecule has 0 aliphatic rings. The van der Waals surface area contributed by atoms with Crippen LogP contribution in [-0.4, -0.2) is 42.3 Å². The first kappa shape index (κ1) is 14.0. The maximum atomic E-state index is 11.7. The van der Waals surface area contributed by atoms with E-state index in [9.17, 15) is 4.79 Å². The smallest absolute Gasteiger partial charge is 0.317 e. The van der Waals surface area contributed by atoms with Gasteiger partial charge in [-0.15, -0.1) is 0 Å². The number of rotatable bonds is 6. The minimum atomic E-state index is -0.108. The third-order valence-electron chi connectivity index (χ3n) is 2.71. The molecule has 0 aliphatic heterocycles. The molecule has 0 bridgehead atoms. The Morgan fingerprint density at radius 1 is 1.65 bits per heavy atom. The number of aliphatic hydroxyl groups excluding tert-OH is 1. The van der Waals surface area contributed by atoms with Gasteiger partial charge in [0.1, 0.15) is 0 Å². The van der Waals surface area contributed by atoms with Crippen LogP contribution >= 0.6 is 11.3 Å². The molecule has 1 heterocycles. The van der Waals surface area contributed by atoms with Crippen molar-refractivity contribution in [3.05, 3.63) is 22.4 Å². The van der Waals surface area contributed by atoms with E-state index >= 15 is 0 Å². The fourth-order valence-electron chi connectivity index (χ4n) is 1.55. The number of thiophene rings is 1. The van der Waals surface area contributed by atoms with Gasteiger partial charge in [-0.1, -0.05) is 6.92 Å². The van der Waals surface area contributed by atoms with Gasteiger partial charge in [0, 0.05) is 19.6 Å². The van der Waals surface area contributed by atoms with Crippen molar-refractivity contribution in [2.75, 3.05) is 26.2 Å². The van der Waals surface area contributed by atoms with Crippen molar-refractivity contribution in [1.82, 2.24) is 10.2 Å². The van der Waals surface area contributed by atoms with Crippen LogP contribution in [0.15, 0.2) is 16.8 Å². The Labute approximate surface area is 106 Å². The number of urea groups is 1. The third-order valence-corrected chi connectivity index (χ3v) is 3.41. The molecule has 96 valence electrons. The fraction of sp³-hybridized carbons (Fsp3) is 0.583. The Kier molecular flexibility index (Phi) is 6.00. The van der Waals surface area contributed by atoms with E-state index in [0.717, 1.165) is 0 Å². The van der Waals surface area contributed by atoms with Crippen LogP contribution in [0.2, 0.25) is 0 Å².